The van der Waals surface area contributed by atoms with Gasteiger partial charge in [0.2, 0.25) is 0 Å². The number of hydrogen-bond donors (Lipinski definition) is 5. The SMILES string of the molecule is CC(=O)[C@]1(N)Cc2c(O)c3c(c(O)c2[C@@H](O[C@H]2C[C@H](O)[C@H](O)CO2)C1)C(=O)c1ccccc1C3=O.Cl. The Labute approximate surface area is 212 Å². The number of aliphatic hydroxyl groups is 2. The number of ether oxygens (including phenoxy) is 2. The van der Waals surface area contributed by atoms with Gasteiger partial charge in [0.05, 0.1) is 35.5 Å². The van der Waals surface area contributed by atoms with Gasteiger partial charge in [-0.3, -0.25) is 14.4 Å². The number of phenols is 2. The first kappa shape index (κ1) is 26.2. The molecule has 1 aliphatic heterocycles. The number of aromatic hydroxyl groups is 2. The van der Waals surface area contributed by atoms with E-state index in [1.165, 1.54) is 19.1 Å². The zero-order valence-corrected chi connectivity index (χ0v) is 20.1. The van der Waals surface area contributed by atoms with Crippen LogP contribution in [0, 0.1) is 0 Å². The van der Waals surface area contributed by atoms with Crippen LogP contribution >= 0.6 is 12.4 Å². The largest absolute Gasteiger partial charge is 0.507 e. The number of carbonyl (C=O) groups excluding carboxylic acids is 3. The fourth-order valence-corrected chi connectivity index (χ4v) is 5.13. The van der Waals surface area contributed by atoms with Crippen molar-refractivity contribution in [1.82, 2.24) is 0 Å². The average Bonchev–Trinajstić information content (AvgIpc) is 2.82. The Balaban J connectivity index is 0.00000304. The normalized spacial score (nSPS) is 29.0. The maximum atomic E-state index is 13.3. The topological polar surface area (TPSA) is 177 Å². The van der Waals surface area contributed by atoms with Gasteiger partial charge in [-0.15, -0.1) is 12.4 Å². The monoisotopic (exact) mass is 519 g/mol. The molecule has 0 spiro atoms. The third-order valence-corrected chi connectivity index (χ3v) is 7.17. The van der Waals surface area contributed by atoms with Gasteiger partial charge in [0.1, 0.15) is 23.4 Å². The number of phenolic OH excluding ortho intramolecular Hbond substituents is 2. The molecule has 0 bridgehead atoms. The van der Waals surface area contributed by atoms with Gasteiger partial charge in [0.25, 0.3) is 0 Å². The molecule has 0 radical (unpaired) electrons. The lowest BCUT2D eigenvalue weighted by Crippen LogP contribution is -2.53. The van der Waals surface area contributed by atoms with Crippen molar-refractivity contribution < 1.29 is 44.3 Å². The molecule has 10 nitrogen and oxygen atoms in total. The number of benzene rings is 2. The first-order valence-corrected chi connectivity index (χ1v) is 11.3. The number of hydrogen-bond acceptors (Lipinski definition) is 10. The van der Waals surface area contributed by atoms with Crippen molar-refractivity contribution in [3.05, 3.63) is 57.6 Å². The molecule has 0 saturated carbocycles. The fourth-order valence-electron chi connectivity index (χ4n) is 5.13. The molecule has 36 heavy (non-hydrogen) atoms. The number of fused-ring (bicyclic) bond motifs is 3. The summed E-state index contributed by atoms with van der Waals surface area (Å²) in [5, 5.41) is 42.3. The molecule has 5 atom stereocenters. The lowest BCUT2D eigenvalue weighted by Gasteiger charge is -2.41. The van der Waals surface area contributed by atoms with Crippen LogP contribution in [0.3, 0.4) is 0 Å². The van der Waals surface area contributed by atoms with Gasteiger partial charge in [-0.1, -0.05) is 24.3 Å². The van der Waals surface area contributed by atoms with Crippen LogP contribution in [0.2, 0.25) is 0 Å². The van der Waals surface area contributed by atoms with Crippen LogP contribution in [-0.4, -0.2) is 68.4 Å². The third kappa shape index (κ3) is 3.90. The van der Waals surface area contributed by atoms with Gasteiger partial charge in [-0.2, -0.15) is 0 Å². The molecule has 1 heterocycles. The Morgan fingerprint density at radius 2 is 1.64 bits per heavy atom. The van der Waals surface area contributed by atoms with E-state index in [1.54, 1.807) is 12.1 Å². The number of Topliss-reactive ketones (excluding diaryl/α,β-unsaturated/α-hetero) is 1. The van der Waals surface area contributed by atoms with E-state index in [0.29, 0.717) is 0 Å². The van der Waals surface area contributed by atoms with Crippen LogP contribution in [-0.2, 0) is 20.7 Å². The van der Waals surface area contributed by atoms with Crippen LogP contribution in [0.4, 0.5) is 0 Å². The molecule has 6 N–H and O–H groups in total. The number of ketones is 3. The number of rotatable bonds is 3. The first-order chi connectivity index (χ1) is 16.5. The second kappa shape index (κ2) is 9.22. The minimum absolute atomic E-state index is 0. The Bertz CT molecular complexity index is 1280. The predicted molar refractivity (Wildman–Crippen MR) is 126 cm³/mol. The summed E-state index contributed by atoms with van der Waals surface area (Å²) < 4.78 is 11.4. The van der Waals surface area contributed by atoms with Crippen LogP contribution in [0.1, 0.15) is 68.8 Å². The fraction of sp³-hybridized carbons (Fsp3) is 0.400. The van der Waals surface area contributed by atoms with Crippen molar-refractivity contribution >= 4 is 29.8 Å². The van der Waals surface area contributed by atoms with Gasteiger partial charge in [-0.05, 0) is 6.92 Å². The van der Waals surface area contributed by atoms with E-state index >= 15 is 0 Å². The van der Waals surface area contributed by atoms with E-state index < -0.39 is 59.0 Å². The van der Waals surface area contributed by atoms with Crippen molar-refractivity contribution in [3.63, 3.8) is 0 Å². The van der Waals surface area contributed by atoms with Crippen molar-refractivity contribution in [2.75, 3.05) is 6.61 Å². The quantitative estimate of drug-likeness (QED) is 0.314. The lowest BCUT2D eigenvalue weighted by molar-refractivity contribution is -0.238. The summed E-state index contributed by atoms with van der Waals surface area (Å²) in [4.78, 5) is 39.0. The molecule has 192 valence electrons. The Kier molecular flexibility index (Phi) is 6.71. The summed E-state index contributed by atoms with van der Waals surface area (Å²) in [6.45, 7) is 1.09. The van der Waals surface area contributed by atoms with Crippen molar-refractivity contribution in [2.24, 2.45) is 5.73 Å². The highest BCUT2D eigenvalue weighted by molar-refractivity contribution is 6.30. The number of aliphatic hydroxyl groups excluding tert-OH is 2. The molecule has 2 aliphatic carbocycles. The number of carbonyl (C=O) groups is 3. The van der Waals surface area contributed by atoms with Crippen LogP contribution in [0.15, 0.2) is 24.3 Å². The number of nitrogens with two attached hydrogens (primary N) is 1. The Hall–Kier alpha value is -2.86. The highest BCUT2D eigenvalue weighted by Gasteiger charge is 2.48. The summed E-state index contributed by atoms with van der Waals surface area (Å²) in [6.07, 6.45) is -4.74. The highest BCUT2D eigenvalue weighted by Crippen LogP contribution is 2.51. The summed E-state index contributed by atoms with van der Waals surface area (Å²) in [5.74, 6) is -2.74. The smallest absolute Gasteiger partial charge is 0.198 e. The predicted octanol–water partition coefficient (Wildman–Crippen LogP) is 1.05. The van der Waals surface area contributed by atoms with Gasteiger partial charge in [0, 0.05) is 41.5 Å². The van der Waals surface area contributed by atoms with Gasteiger partial charge in [0.15, 0.2) is 17.9 Å². The molecule has 1 saturated heterocycles. The Morgan fingerprint density at radius 3 is 2.19 bits per heavy atom. The van der Waals surface area contributed by atoms with E-state index in [4.69, 9.17) is 15.2 Å². The number of halogens is 1. The molecule has 2 aromatic rings. The first-order valence-electron chi connectivity index (χ1n) is 11.3. The van der Waals surface area contributed by atoms with E-state index in [0.717, 1.165) is 0 Å². The standard InChI is InChI=1S/C25H25NO9.ClH/c1-10(27)25(26)7-13-18(16(8-25)35-17-6-14(28)15(29)9-34-17)24(33)20-19(23(13)32)21(30)11-4-2-3-5-12(11)22(20)31;/h2-5,14-17,28-29,32-33H,6-9,26H2,1H3;1H/t14-,15+,16-,17-,25-;/m0./s1. The van der Waals surface area contributed by atoms with E-state index in [1.807, 2.05) is 0 Å². The molecule has 1 fully saturated rings. The molecule has 2 aromatic carbocycles. The van der Waals surface area contributed by atoms with Crippen LogP contribution in [0.5, 0.6) is 11.5 Å². The van der Waals surface area contributed by atoms with Crippen molar-refractivity contribution in [3.8, 4) is 11.5 Å². The summed E-state index contributed by atoms with van der Waals surface area (Å²) in [6, 6.07) is 6.10. The second-order valence-electron chi connectivity index (χ2n) is 9.39. The molecule has 0 aromatic heterocycles. The molecule has 0 unspecified atom stereocenters. The maximum Gasteiger partial charge on any atom is 0.198 e. The minimum Gasteiger partial charge on any atom is -0.507 e. The molecule has 5 rings (SSSR count). The van der Waals surface area contributed by atoms with E-state index in [9.17, 15) is 34.8 Å². The van der Waals surface area contributed by atoms with Crippen LogP contribution < -0.4 is 5.73 Å². The minimum atomic E-state index is -1.50. The highest BCUT2D eigenvalue weighted by atomic mass is 35.5. The van der Waals surface area contributed by atoms with Gasteiger partial charge < -0.3 is 35.6 Å². The zero-order chi connectivity index (χ0) is 25.2. The van der Waals surface area contributed by atoms with E-state index in [-0.39, 0.29) is 71.7 Å². The third-order valence-electron chi connectivity index (χ3n) is 7.17. The Morgan fingerprint density at radius 1 is 1.06 bits per heavy atom. The van der Waals surface area contributed by atoms with E-state index in [2.05, 4.69) is 0 Å². The van der Waals surface area contributed by atoms with Gasteiger partial charge in [-0.25, -0.2) is 0 Å². The van der Waals surface area contributed by atoms with Crippen LogP contribution in [0.25, 0.3) is 0 Å². The maximum absolute atomic E-state index is 13.3. The summed E-state index contributed by atoms with van der Waals surface area (Å²) >= 11 is 0. The van der Waals surface area contributed by atoms with Crippen molar-refractivity contribution in [1.29, 1.82) is 0 Å². The van der Waals surface area contributed by atoms with Crippen molar-refractivity contribution in [2.45, 2.75) is 56.3 Å². The molecule has 11 heteroatoms. The summed E-state index contributed by atoms with van der Waals surface area (Å²) in [5.41, 5.74) is 4.47. The second-order valence-corrected chi connectivity index (χ2v) is 9.39. The summed E-state index contributed by atoms with van der Waals surface area (Å²) in [7, 11) is 0. The average molecular weight is 520 g/mol. The van der Waals surface area contributed by atoms with Gasteiger partial charge >= 0.3 is 0 Å². The molecule has 3 aliphatic rings. The molecule has 0 amide bonds. The molecular weight excluding hydrogens is 494 g/mol. The lowest BCUT2D eigenvalue weighted by atomic mass is 9.71. The molecular formula is C25H26ClNO9. The zero-order valence-electron chi connectivity index (χ0n) is 19.3.